The maximum absolute atomic E-state index is 13.2. The molecule has 1 unspecified atom stereocenters. The molecule has 0 radical (unpaired) electrons. The Hall–Kier alpha value is -1.22. The molecule has 0 bridgehead atoms. The van der Waals surface area contributed by atoms with E-state index in [1.165, 1.54) is 12.1 Å². The van der Waals surface area contributed by atoms with Gasteiger partial charge < -0.3 is 5.11 Å². The van der Waals surface area contributed by atoms with Crippen molar-refractivity contribution in [1.82, 2.24) is 0 Å². The maximum atomic E-state index is 13.2. The van der Waals surface area contributed by atoms with Gasteiger partial charge in [0, 0.05) is 17.9 Å². The Kier molecular flexibility index (Phi) is 2.82. The van der Waals surface area contributed by atoms with Crippen molar-refractivity contribution in [2.45, 2.75) is 25.4 Å². The quantitative estimate of drug-likeness (QED) is 0.823. The molecular formula is C12H13FO2. The summed E-state index contributed by atoms with van der Waals surface area (Å²) in [5.74, 6) is -0.286. The van der Waals surface area contributed by atoms with E-state index in [0.29, 0.717) is 0 Å². The molecule has 1 fully saturated rings. The zero-order valence-electron chi connectivity index (χ0n) is 8.32. The predicted octanol–water partition coefficient (Wildman–Crippen LogP) is 2.23. The van der Waals surface area contributed by atoms with Gasteiger partial charge in [0.25, 0.3) is 0 Å². The molecule has 1 aromatic rings. The van der Waals surface area contributed by atoms with Crippen LogP contribution in [-0.4, -0.2) is 10.9 Å². The van der Waals surface area contributed by atoms with Gasteiger partial charge in [0.2, 0.25) is 0 Å². The molecule has 2 nitrogen and oxygen atoms in total. The van der Waals surface area contributed by atoms with E-state index in [1.54, 1.807) is 12.1 Å². The lowest BCUT2D eigenvalue weighted by Gasteiger charge is -2.10. The average molecular weight is 208 g/mol. The van der Waals surface area contributed by atoms with Crippen molar-refractivity contribution in [3.63, 3.8) is 0 Å². The van der Waals surface area contributed by atoms with E-state index in [2.05, 4.69) is 0 Å². The number of Topliss-reactive ketones (excluding diaryl/α,β-unsaturated/α-hetero) is 1. The number of hydrogen-bond donors (Lipinski definition) is 1. The number of benzene rings is 1. The molecular weight excluding hydrogens is 195 g/mol. The zero-order valence-corrected chi connectivity index (χ0v) is 8.32. The van der Waals surface area contributed by atoms with Gasteiger partial charge in [0.1, 0.15) is 11.6 Å². The molecule has 1 atom stereocenters. The van der Waals surface area contributed by atoms with Crippen LogP contribution in [0, 0.1) is 11.7 Å². The number of ketones is 1. The van der Waals surface area contributed by atoms with E-state index < -0.39 is 11.9 Å². The Balaban J connectivity index is 2.03. The van der Waals surface area contributed by atoms with E-state index in [-0.39, 0.29) is 23.7 Å². The van der Waals surface area contributed by atoms with E-state index in [9.17, 15) is 14.3 Å². The second-order valence-electron chi connectivity index (χ2n) is 3.98. The van der Waals surface area contributed by atoms with Crippen LogP contribution >= 0.6 is 0 Å². The van der Waals surface area contributed by atoms with Gasteiger partial charge in [-0.15, -0.1) is 0 Å². The molecule has 0 spiro atoms. The van der Waals surface area contributed by atoms with E-state index in [1.807, 2.05) is 0 Å². The number of carbonyl (C=O) groups is 1. The summed E-state index contributed by atoms with van der Waals surface area (Å²) in [6.45, 7) is 0. The lowest BCUT2D eigenvalue weighted by Crippen LogP contribution is -2.09. The first-order valence-corrected chi connectivity index (χ1v) is 5.13. The fourth-order valence-corrected chi connectivity index (χ4v) is 1.62. The van der Waals surface area contributed by atoms with E-state index >= 15 is 0 Å². The molecule has 2 rings (SSSR count). The first-order chi connectivity index (χ1) is 7.18. The van der Waals surface area contributed by atoms with Crippen LogP contribution < -0.4 is 0 Å². The van der Waals surface area contributed by atoms with Crippen LogP contribution in [-0.2, 0) is 4.79 Å². The summed E-state index contributed by atoms with van der Waals surface area (Å²) in [4.78, 5) is 11.4. The second kappa shape index (κ2) is 4.11. The van der Waals surface area contributed by atoms with Gasteiger partial charge in [-0.05, 0) is 18.9 Å². The Morgan fingerprint density at radius 1 is 1.47 bits per heavy atom. The summed E-state index contributed by atoms with van der Waals surface area (Å²) in [6, 6.07) is 6.03. The summed E-state index contributed by atoms with van der Waals surface area (Å²) in [7, 11) is 0. The van der Waals surface area contributed by atoms with E-state index in [4.69, 9.17) is 0 Å². The van der Waals surface area contributed by atoms with Crippen molar-refractivity contribution in [3.8, 4) is 0 Å². The monoisotopic (exact) mass is 208 g/mol. The summed E-state index contributed by atoms with van der Waals surface area (Å²) >= 11 is 0. The third kappa shape index (κ3) is 2.42. The summed E-state index contributed by atoms with van der Waals surface area (Å²) in [5, 5.41) is 9.69. The highest BCUT2D eigenvalue weighted by molar-refractivity contribution is 5.83. The molecule has 1 aromatic carbocycles. The number of aliphatic hydroxyl groups is 1. The van der Waals surface area contributed by atoms with Crippen LogP contribution in [0.15, 0.2) is 24.3 Å². The molecule has 1 saturated carbocycles. The SMILES string of the molecule is O=C(CC(O)c1ccccc1F)C1CC1. The van der Waals surface area contributed by atoms with Crippen LogP contribution in [0.1, 0.15) is 30.9 Å². The maximum Gasteiger partial charge on any atom is 0.138 e. The fourth-order valence-electron chi connectivity index (χ4n) is 1.62. The van der Waals surface area contributed by atoms with Gasteiger partial charge in [0.15, 0.2) is 0 Å². The van der Waals surface area contributed by atoms with Gasteiger partial charge in [-0.1, -0.05) is 18.2 Å². The molecule has 0 aromatic heterocycles. The van der Waals surface area contributed by atoms with Crippen LogP contribution in [0.25, 0.3) is 0 Å². The topological polar surface area (TPSA) is 37.3 Å². The molecule has 1 aliphatic rings. The number of carbonyl (C=O) groups excluding carboxylic acids is 1. The molecule has 1 N–H and O–H groups in total. The molecule has 0 heterocycles. The average Bonchev–Trinajstić information content (AvgIpc) is 3.01. The molecule has 1 aliphatic carbocycles. The minimum absolute atomic E-state index is 0.0333. The highest BCUT2D eigenvalue weighted by atomic mass is 19.1. The second-order valence-corrected chi connectivity index (χ2v) is 3.98. The van der Waals surface area contributed by atoms with Crippen LogP contribution in [0.5, 0.6) is 0 Å². The summed E-state index contributed by atoms with van der Waals surface area (Å²) < 4.78 is 13.2. The number of hydrogen-bond acceptors (Lipinski definition) is 2. The van der Waals surface area contributed by atoms with Gasteiger partial charge in [-0.2, -0.15) is 0 Å². The van der Waals surface area contributed by atoms with Crippen LogP contribution in [0.3, 0.4) is 0 Å². The summed E-state index contributed by atoms with van der Waals surface area (Å²) in [6.07, 6.45) is 0.872. The Bertz CT molecular complexity index is 372. The Morgan fingerprint density at radius 3 is 2.73 bits per heavy atom. The highest BCUT2D eigenvalue weighted by Gasteiger charge is 2.31. The van der Waals surface area contributed by atoms with Crippen molar-refractivity contribution >= 4 is 5.78 Å². The van der Waals surface area contributed by atoms with Gasteiger partial charge >= 0.3 is 0 Å². The lowest BCUT2D eigenvalue weighted by atomic mass is 10.0. The molecule has 0 aliphatic heterocycles. The fraction of sp³-hybridized carbons (Fsp3) is 0.417. The standard InChI is InChI=1S/C12H13FO2/c13-10-4-2-1-3-9(10)12(15)7-11(14)8-5-6-8/h1-4,8,12,15H,5-7H2. The third-order valence-corrected chi connectivity index (χ3v) is 2.69. The number of rotatable bonds is 4. The summed E-state index contributed by atoms with van der Waals surface area (Å²) in [5.41, 5.74) is 0.214. The van der Waals surface area contributed by atoms with Gasteiger partial charge in [-0.25, -0.2) is 4.39 Å². The number of halogens is 1. The first-order valence-electron chi connectivity index (χ1n) is 5.13. The minimum atomic E-state index is -1.00. The van der Waals surface area contributed by atoms with Crippen LogP contribution in [0.2, 0.25) is 0 Å². The first kappa shape index (κ1) is 10.3. The van der Waals surface area contributed by atoms with Crippen LogP contribution in [0.4, 0.5) is 4.39 Å². The molecule has 0 amide bonds. The molecule has 0 saturated heterocycles. The smallest absolute Gasteiger partial charge is 0.138 e. The molecule has 3 heteroatoms. The van der Waals surface area contributed by atoms with Crippen molar-refractivity contribution in [1.29, 1.82) is 0 Å². The number of aliphatic hydroxyl groups excluding tert-OH is 1. The third-order valence-electron chi connectivity index (χ3n) is 2.69. The van der Waals surface area contributed by atoms with Gasteiger partial charge in [-0.3, -0.25) is 4.79 Å². The Labute approximate surface area is 87.7 Å². The van der Waals surface area contributed by atoms with Gasteiger partial charge in [0.05, 0.1) is 6.10 Å². The van der Waals surface area contributed by atoms with Crippen molar-refractivity contribution in [3.05, 3.63) is 35.6 Å². The van der Waals surface area contributed by atoms with Crippen molar-refractivity contribution in [2.24, 2.45) is 5.92 Å². The van der Waals surface area contributed by atoms with Crippen molar-refractivity contribution in [2.75, 3.05) is 0 Å². The minimum Gasteiger partial charge on any atom is -0.388 e. The molecule has 80 valence electrons. The normalized spacial score (nSPS) is 17.5. The zero-order chi connectivity index (χ0) is 10.8. The lowest BCUT2D eigenvalue weighted by molar-refractivity contribution is -0.122. The van der Waals surface area contributed by atoms with Crippen molar-refractivity contribution < 1.29 is 14.3 Å². The Morgan fingerprint density at radius 2 is 2.13 bits per heavy atom. The van der Waals surface area contributed by atoms with E-state index in [0.717, 1.165) is 12.8 Å². The largest absolute Gasteiger partial charge is 0.388 e. The predicted molar refractivity (Wildman–Crippen MR) is 53.7 cm³/mol. The highest BCUT2D eigenvalue weighted by Crippen LogP contribution is 2.33. The molecule has 15 heavy (non-hydrogen) atoms.